The normalized spacial score (nSPS) is 29.4. The van der Waals surface area contributed by atoms with Crippen LogP contribution < -0.4 is 10.6 Å². The number of piperidine rings is 2. The Hall–Kier alpha value is -2.07. The number of likely N-dealkylation sites (tertiary alicyclic amines) is 1. The summed E-state index contributed by atoms with van der Waals surface area (Å²) in [5.41, 5.74) is 0. The Kier molecular flexibility index (Phi) is 6.38. The van der Waals surface area contributed by atoms with E-state index in [1.165, 1.54) is 0 Å². The van der Waals surface area contributed by atoms with Gasteiger partial charge in [0.05, 0.1) is 12.3 Å². The molecule has 0 aromatic rings. The summed E-state index contributed by atoms with van der Waals surface area (Å²) >= 11 is 0. The van der Waals surface area contributed by atoms with Crippen molar-refractivity contribution in [2.75, 3.05) is 26.2 Å². The second-order valence-electron chi connectivity index (χ2n) is 8.04. The number of carboxylic acid groups (broad SMARTS) is 1. The van der Waals surface area contributed by atoms with Crippen LogP contribution in [0.3, 0.4) is 0 Å². The molecular formula is C20H29N3O4. The van der Waals surface area contributed by atoms with Gasteiger partial charge in [-0.3, -0.25) is 14.4 Å². The maximum Gasteiger partial charge on any atom is 0.306 e. The summed E-state index contributed by atoms with van der Waals surface area (Å²) < 4.78 is 0. The van der Waals surface area contributed by atoms with Gasteiger partial charge in [-0.2, -0.15) is 0 Å². The molecule has 148 valence electrons. The molecular weight excluding hydrogens is 346 g/mol. The van der Waals surface area contributed by atoms with E-state index in [9.17, 15) is 14.4 Å². The molecule has 0 radical (unpaired) electrons. The lowest BCUT2D eigenvalue weighted by molar-refractivity contribution is -0.137. The van der Waals surface area contributed by atoms with Crippen molar-refractivity contribution in [3.63, 3.8) is 0 Å². The predicted octanol–water partition coefficient (Wildman–Crippen LogP) is 0.453. The number of carboxylic acids is 1. The van der Waals surface area contributed by atoms with E-state index in [4.69, 9.17) is 11.5 Å². The molecule has 0 spiro atoms. The zero-order valence-corrected chi connectivity index (χ0v) is 15.7. The number of nitrogens with one attached hydrogen (secondary N) is 2. The van der Waals surface area contributed by atoms with Crippen molar-refractivity contribution in [3.8, 4) is 12.3 Å². The highest BCUT2D eigenvalue weighted by atomic mass is 16.4. The molecule has 2 heterocycles. The lowest BCUT2D eigenvalue weighted by Crippen LogP contribution is -2.48. The number of amides is 2. The topological polar surface area (TPSA) is 98.7 Å². The summed E-state index contributed by atoms with van der Waals surface area (Å²) in [7, 11) is 0. The van der Waals surface area contributed by atoms with E-state index in [0.717, 1.165) is 38.8 Å². The molecule has 27 heavy (non-hydrogen) atoms. The molecule has 2 amide bonds. The fraction of sp³-hybridized carbons (Fsp3) is 0.750. The minimum atomic E-state index is -1.05. The van der Waals surface area contributed by atoms with Gasteiger partial charge in [-0.05, 0) is 57.0 Å². The smallest absolute Gasteiger partial charge is 0.306 e. The number of nitrogens with zero attached hydrogens (tertiary/aromatic N) is 1. The second kappa shape index (κ2) is 8.75. The highest BCUT2D eigenvalue weighted by Gasteiger charge is 2.49. The van der Waals surface area contributed by atoms with Crippen LogP contribution in [0.4, 0.5) is 0 Å². The largest absolute Gasteiger partial charge is 0.481 e. The van der Waals surface area contributed by atoms with Gasteiger partial charge in [-0.15, -0.1) is 6.42 Å². The molecule has 1 aliphatic carbocycles. The van der Waals surface area contributed by atoms with Crippen molar-refractivity contribution in [3.05, 3.63) is 0 Å². The number of rotatable bonds is 6. The zero-order chi connectivity index (χ0) is 19.4. The van der Waals surface area contributed by atoms with Gasteiger partial charge in [0, 0.05) is 19.0 Å². The van der Waals surface area contributed by atoms with Crippen LogP contribution in [0.1, 0.15) is 38.5 Å². The maximum absolute atomic E-state index is 12.9. The van der Waals surface area contributed by atoms with Crippen LogP contribution in [-0.4, -0.2) is 60.0 Å². The van der Waals surface area contributed by atoms with Crippen LogP contribution in [0, 0.1) is 36.0 Å². The molecule has 3 N–H and O–H groups in total. The molecule has 1 saturated carbocycles. The van der Waals surface area contributed by atoms with Crippen molar-refractivity contribution in [1.82, 2.24) is 15.5 Å². The number of hydrogen-bond acceptors (Lipinski definition) is 4. The summed E-state index contributed by atoms with van der Waals surface area (Å²) in [6, 6.07) is -0.811. The third-order valence-electron chi connectivity index (χ3n) is 6.15. The van der Waals surface area contributed by atoms with Gasteiger partial charge in [-0.1, -0.05) is 5.92 Å². The average Bonchev–Trinajstić information content (AvgIpc) is 3.48. The van der Waals surface area contributed by atoms with E-state index in [1.807, 2.05) is 4.90 Å². The summed E-state index contributed by atoms with van der Waals surface area (Å²) in [5, 5.41) is 14.8. The van der Waals surface area contributed by atoms with E-state index >= 15 is 0 Å². The van der Waals surface area contributed by atoms with Gasteiger partial charge in [0.2, 0.25) is 11.8 Å². The number of hydrogen-bond donors (Lipinski definition) is 3. The lowest BCUT2D eigenvalue weighted by atomic mass is 9.91. The van der Waals surface area contributed by atoms with Crippen molar-refractivity contribution < 1.29 is 19.5 Å². The van der Waals surface area contributed by atoms with E-state index in [2.05, 4.69) is 16.6 Å². The minimum Gasteiger partial charge on any atom is -0.481 e. The SMILES string of the molecule is C#C[C@H](CC(=O)O)NC(=O)[C@@H]1CCCN(C(=O)[C@@H]2C[C@H]2C2CCNCC2)C1. The van der Waals surface area contributed by atoms with Crippen molar-refractivity contribution >= 4 is 17.8 Å². The summed E-state index contributed by atoms with van der Waals surface area (Å²) in [6.07, 6.45) is 9.78. The Balaban J connectivity index is 1.50. The fourth-order valence-corrected chi connectivity index (χ4v) is 4.53. The molecule has 3 aliphatic rings. The molecule has 3 fully saturated rings. The Labute approximate surface area is 160 Å². The highest BCUT2D eigenvalue weighted by molar-refractivity contribution is 5.84. The molecule has 7 heteroatoms. The summed E-state index contributed by atoms with van der Waals surface area (Å²) in [4.78, 5) is 38.0. The summed E-state index contributed by atoms with van der Waals surface area (Å²) in [5.74, 6) is 2.17. The third-order valence-corrected chi connectivity index (χ3v) is 6.15. The van der Waals surface area contributed by atoms with Crippen LogP contribution in [0.15, 0.2) is 0 Å². The molecule has 0 aromatic carbocycles. The third kappa shape index (κ3) is 5.01. The number of carbonyl (C=O) groups is 3. The molecule has 0 unspecified atom stereocenters. The molecule has 2 saturated heterocycles. The number of aliphatic carboxylic acids is 1. The highest BCUT2D eigenvalue weighted by Crippen LogP contribution is 2.48. The van der Waals surface area contributed by atoms with Gasteiger partial charge in [0.15, 0.2) is 0 Å². The van der Waals surface area contributed by atoms with Crippen LogP contribution in [-0.2, 0) is 14.4 Å². The molecule has 2 aliphatic heterocycles. The predicted molar refractivity (Wildman–Crippen MR) is 99.5 cm³/mol. The van der Waals surface area contributed by atoms with Crippen molar-refractivity contribution in [2.45, 2.75) is 44.6 Å². The van der Waals surface area contributed by atoms with Crippen LogP contribution >= 0.6 is 0 Å². The van der Waals surface area contributed by atoms with E-state index < -0.39 is 12.0 Å². The molecule has 0 aromatic heterocycles. The first-order valence-electron chi connectivity index (χ1n) is 9.97. The first-order valence-corrected chi connectivity index (χ1v) is 9.97. The molecule has 7 nitrogen and oxygen atoms in total. The van der Waals surface area contributed by atoms with Gasteiger partial charge >= 0.3 is 5.97 Å². The summed E-state index contributed by atoms with van der Waals surface area (Å²) in [6.45, 7) is 3.19. The van der Waals surface area contributed by atoms with Gasteiger partial charge in [0.25, 0.3) is 0 Å². The van der Waals surface area contributed by atoms with E-state index in [0.29, 0.717) is 31.3 Å². The fourth-order valence-electron chi connectivity index (χ4n) is 4.53. The molecule has 0 bridgehead atoms. The quantitative estimate of drug-likeness (QED) is 0.586. The Morgan fingerprint density at radius 2 is 2.00 bits per heavy atom. The van der Waals surface area contributed by atoms with Gasteiger partial charge in [0.1, 0.15) is 6.04 Å². The van der Waals surface area contributed by atoms with Crippen LogP contribution in [0.2, 0.25) is 0 Å². The Bertz CT molecular complexity index is 623. The molecule has 3 rings (SSSR count). The lowest BCUT2D eigenvalue weighted by Gasteiger charge is -2.33. The Morgan fingerprint density at radius 1 is 1.26 bits per heavy atom. The monoisotopic (exact) mass is 375 g/mol. The first-order chi connectivity index (χ1) is 13.0. The van der Waals surface area contributed by atoms with Crippen molar-refractivity contribution in [1.29, 1.82) is 0 Å². The van der Waals surface area contributed by atoms with E-state index in [1.54, 1.807) is 0 Å². The Morgan fingerprint density at radius 3 is 2.67 bits per heavy atom. The van der Waals surface area contributed by atoms with Crippen LogP contribution in [0.5, 0.6) is 0 Å². The standard InChI is InChI=1S/C20H29N3O4/c1-2-15(10-18(24)25)22-19(26)14-4-3-9-23(12-14)20(27)17-11-16(17)13-5-7-21-8-6-13/h1,13-17,21H,3-12H2,(H,22,26)(H,24,25)/t14-,15-,16+,17-/m1/s1. The van der Waals surface area contributed by atoms with Gasteiger partial charge in [-0.25, -0.2) is 0 Å². The average molecular weight is 375 g/mol. The second-order valence-corrected chi connectivity index (χ2v) is 8.04. The van der Waals surface area contributed by atoms with Crippen LogP contribution in [0.25, 0.3) is 0 Å². The zero-order valence-electron chi connectivity index (χ0n) is 15.7. The van der Waals surface area contributed by atoms with E-state index in [-0.39, 0.29) is 30.1 Å². The first kappa shape index (κ1) is 19.7. The number of carbonyl (C=O) groups excluding carboxylic acids is 2. The maximum atomic E-state index is 12.9. The van der Waals surface area contributed by atoms with Gasteiger partial charge < -0.3 is 20.6 Å². The van der Waals surface area contributed by atoms with Crippen molar-refractivity contribution in [2.24, 2.45) is 23.7 Å². The minimum absolute atomic E-state index is 0.125. The number of terminal acetylenes is 1. The molecule has 4 atom stereocenters.